The Bertz CT molecular complexity index is 697. The van der Waals surface area contributed by atoms with Gasteiger partial charge in [0.05, 0.1) is 26.7 Å². The SMILES string of the molecule is Cc1nc(Cc2nc3ccccc3[nH]2)nc(Cl)c1I. The van der Waals surface area contributed by atoms with Crippen molar-refractivity contribution in [1.82, 2.24) is 19.9 Å². The monoisotopic (exact) mass is 384 g/mol. The first-order chi connectivity index (χ1) is 9.13. The molecule has 2 aromatic heterocycles. The fraction of sp³-hybridized carbons (Fsp3) is 0.154. The Morgan fingerprint density at radius 1 is 1.21 bits per heavy atom. The first-order valence-electron chi connectivity index (χ1n) is 5.75. The summed E-state index contributed by atoms with van der Waals surface area (Å²) in [5.41, 5.74) is 2.86. The second-order valence-corrected chi connectivity index (χ2v) is 5.64. The summed E-state index contributed by atoms with van der Waals surface area (Å²) < 4.78 is 0.896. The van der Waals surface area contributed by atoms with Crippen molar-refractivity contribution in [3.63, 3.8) is 0 Å². The lowest BCUT2D eigenvalue weighted by atomic mass is 10.3. The fourth-order valence-electron chi connectivity index (χ4n) is 1.90. The summed E-state index contributed by atoms with van der Waals surface area (Å²) in [4.78, 5) is 16.5. The third kappa shape index (κ3) is 2.57. The van der Waals surface area contributed by atoms with Gasteiger partial charge < -0.3 is 4.98 Å². The summed E-state index contributed by atoms with van der Waals surface area (Å²) in [6.45, 7) is 1.93. The Balaban J connectivity index is 1.96. The van der Waals surface area contributed by atoms with Crippen LogP contribution < -0.4 is 0 Å². The highest BCUT2D eigenvalue weighted by atomic mass is 127. The summed E-state index contributed by atoms with van der Waals surface area (Å²) in [5.74, 6) is 1.53. The minimum absolute atomic E-state index is 0.499. The van der Waals surface area contributed by atoms with Crippen LogP contribution in [0.15, 0.2) is 24.3 Å². The summed E-state index contributed by atoms with van der Waals surface area (Å²) >= 11 is 8.22. The number of nitrogens with zero attached hydrogens (tertiary/aromatic N) is 3. The molecule has 0 saturated carbocycles. The van der Waals surface area contributed by atoms with Crippen molar-refractivity contribution >= 4 is 45.2 Å². The minimum Gasteiger partial charge on any atom is -0.342 e. The number of aromatic amines is 1. The quantitative estimate of drug-likeness (QED) is 0.543. The molecule has 0 spiro atoms. The number of benzene rings is 1. The molecular weight excluding hydrogens is 375 g/mol. The highest BCUT2D eigenvalue weighted by Crippen LogP contribution is 2.19. The lowest BCUT2D eigenvalue weighted by Crippen LogP contribution is -2.02. The average molecular weight is 385 g/mol. The number of imidazole rings is 1. The van der Waals surface area contributed by atoms with Gasteiger partial charge in [-0.15, -0.1) is 0 Å². The van der Waals surface area contributed by atoms with Crippen LogP contribution in [0.1, 0.15) is 17.3 Å². The lowest BCUT2D eigenvalue weighted by molar-refractivity contribution is 0.895. The van der Waals surface area contributed by atoms with Crippen molar-refractivity contribution in [3.05, 3.63) is 50.3 Å². The van der Waals surface area contributed by atoms with E-state index in [0.29, 0.717) is 17.4 Å². The van der Waals surface area contributed by atoms with Gasteiger partial charge in [0, 0.05) is 0 Å². The number of aromatic nitrogens is 4. The summed E-state index contributed by atoms with van der Waals surface area (Å²) in [5, 5.41) is 0.499. The van der Waals surface area contributed by atoms with Gasteiger partial charge in [0.2, 0.25) is 0 Å². The number of nitrogens with one attached hydrogen (secondary N) is 1. The van der Waals surface area contributed by atoms with Crippen LogP contribution in [0, 0.1) is 10.5 Å². The van der Waals surface area contributed by atoms with Crippen LogP contribution in [-0.2, 0) is 6.42 Å². The molecule has 0 unspecified atom stereocenters. The normalized spacial score (nSPS) is 11.1. The number of hydrogen-bond acceptors (Lipinski definition) is 3. The zero-order valence-electron chi connectivity index (χ0n) is 10.1. The number of para-hydroxylation sites is 2. The zero-order valence-corrected chi connectivity index (χ0v) is 13.0. The number of rotatable bonds is 2. The van der Waals surface area contributed by atoms with E-state index in [1.54, 1.807) is 0 Å². The van der Waals surface area contributed by atoms with Gasteiger partial charge in [-0.1, -0.05) is 23.7 Å². The van der Waals surface area contributed by atoms with Gasteiger partial charge in [-0.05, 0) is 41.6 Å². The maximum absolute atomic E-state index is 6.07. The predicted molar refractivity (Wildman–Crippen MR) is 83.4 cm³/mol. The number of fused-ring (bicyclic) bond motifs is 1. The smallest absolute Gasteiger partial charge is 0.146 e. The second kappa shape index (κ2) is 5.05. The van der Waals surface area contributed by atoms with Gasteiger partial charge in [-0.25, -0.2) is 15.0 Å². The van der Waals surface area contributed by atoms with Crippen molar-refractivity contribution in [2.45, 2.75) is 13.3 Å². The number of hydrogen-bond donors (Lipinski definition) is 1. The second-order valence-electron chi connectivity index (χ2n) is 4.21. The number of H-pyrrole nitrogens is 1. The molecule has 0 aliphatic carbocycles. The van der Waals surface area contributed by atoms with E-state index in [0.717, 1.165) is 26.1 Å². The standard InChI is InChI=1S/C13H10ClIN4/c1-7-12(15)13(14)19-10(16-7)6-11-17-8-4-2-3-5-9(8)18-11/h2-5H,6H2,1H3,(H,17,18). The summed E-state index contributed by atoms with van der Waals surface area (Å²) in [7, 11) is 0. The van der Waals surface area contributed by atoms with E-state index < -0.39 is 0 Å². The molecule has 0 bridgehead atoms. The van der Waals surface area contributed by atoms with Gasteiger partial charge in [-0.2, -0.15) is 0 Å². The van der Waals surface area contributed by atoms with Gasteiger partial charge in [0.1, 0.15) is 16.8 Å². The molecule has 0 fully saturated rings. The van der Waals surface area contributed by atoms with E-state index in [4.69, 9.17) is 11.6 Å². The molecule has 2 heterocycles. The van der Waals surface area contributed by atoms with E-state index in [9.17, 15) is 0 Å². The third-order valence-corrected chi connectivity index (χ3v) is 4.67. The molecule has 19 heavy (non-hydrogen) atoms. The molecular formula is C13H10ClIN4. The zero-order chi connectivity index (χ0) is 13.4. The van der Waals surface area contributed by atoms with E-state index >= 15 is 0 Å². The highest BCUT2D eigenvalue weighted by molar-refractivity contribution is 14.1. The van der Waals surface area contributed by atoms with E-state index in [1.807, 2.05) is 31.2 Å². The number of aryl methyl sites for hydroxylation is 1. The molecule has 0 amide bonds. The molecule has 6 heteroatoms. The first kappa shape index (κ1) is 12.8. The van der Waals surface area contributed by atoms with Gasteiger partial charge in [0.25, 0.3) is 0 Å². The van der Waals surface area contributed by atoms with Crippen LogP contribution in [0.2, 0.25) is 5.15 Å². The molecule has 1 aromatic carbocycles. The minimum atomic E-state index is 0.499. The van der Waals surface area contributed by atoms with E-state index in [1.165, 1.54) is 0 Å². The van der Waals surface area contributed by atoms with Crippen LogP contribution in [0.3, 0.4) is 0 Å². The maximum atomic E-state index is 6.07. The Hall–Kier alpha value is -1.21. The highest BCUT2D eigenvalue weighted by Gasteiger charge is 2.10. The van der Waals surface area contributed by atoms with Crippen molar-refractivity contribution in [2.75, 3.05) is 0 Å². The molecule has 0 aliphatic heterocycles. The molecule has 0 radical (unpaired) electrons. The Labute approximate surface area is 128 Å². The van der Waals surface area contributed by atoms with Crippen molar-refractivity contribution in [2.24, 2.45) is 0 Å². The first-order valence-corrected chi connectivity index (χ1v) is 7.21. The fourth-order valence-corrected chi connectivity index (χ4v) is 2.37. The summed E-state index contributed by atoms with van der Waals surface area (Å²) in [6, 6.07) is 7.92. The Morgan fingerprint density at radius 3 is 2.74 bits per heavy atom. The topological polar surface area (TPSA) is 54.5 Å². The van der Waals surface area contributed by atoms with Gasteiger partial charge >= 0.3 is 0 Å². The van der Waals surface area contributed by atoms with Crippen LogP contribution in [0.5, 0.6) is 0 Å². The van der Waals surface area contributed by atoms with Crippen molar-refractivity contribution in [1.29, 1.82) is 0 Å². The molecule has 0 atom stereocenters. The molecule has 96 valence electrons. The van der Waals surface area contributed by atoms with Crippen LogP contribution in [0.4, 0.5) is 0 Å². The van der Waals surface area contributed by atoms with E-state index in [2.05, 4.69) is 42.5 Å². The Kier molecular flexibility index (Phi) is 3.40. The molecule has 1 N–H and O–H groups in total. The molecule has 3 rings (SSSR count). The number of halogens is 2. The van der Waals surface area contributed by atoms with Crippen molar-refractivity contribution in [3.8, 4) is 0 Å². The van der Waals surface area contributed by atoms with Crippen LogP contribution >= 0.6 is 34.2 Å². The maximum Gasteiger partial charge on any atom is 0.146 e. The average Bonchev–Trinajstić information content (AvgIpc) is 2.78. The van der Waals surface area contributed by atoms with Crippen molar-refractivity contribution < 1.29 is 0 Å². The van der Waals surface area contributed by atoms with Gasteiger partial charge in [-0.3, -0.25) is 0 Å². The largest absolute Gasteiger partial charge is 0.342 e. The molecule has 0 saturated heterocycles. The molecule has 4 nitrogen and oxygen atoms in total. The van der Waals surface area contributed by atoms with Crippen LogP contribution in [-0.4, -0.2) is 19.9 Å². The Morgan fingerprint density at radius 2 is 2.00 bits per heavy atom. The third-order valence-electron chi connectivity index (χ3n) is 2.79. The van der Waals surface area contributed by atoms with Gasteiger partial charge in [0.15, 0.2) is 0 Å². The summed E-state index contributed by atoms with van der Waals surface area (Å²) in [6.07, 6.45) is 0.548. The molecule has 0 aliphatic rings. The molecule has 3 aromatic rings. The van der Waals surface area contributed by atoms with Crippen LogP contribution in [0.25, 0.3) is 11.0 Å². The lowest BCUT2D eigenvalue weighted by Gasteiger charge is -2.03. The predicted octanol–water partition coefficient (Wildman–Crippen LogP) is 3.51. The van der Waals surface area contributed by atoms with E-state index in [-0.39, 0.29) is 0 Å².